The van der Waals surface area contributed by atoms with Crippen molar-refractivity contribution in [3.63, 3.8) is 0 Å². The second-order valence-corrected chi connectivity index (χ2v) is 19.8. The molecule has 0 aromatic carbocycles. The summed E-state index contributed by atoms with van der Waals surface area (Å²) in [5, 5.41) is 0. The van der Waals surface area contributed by atoms with Gasteiger partial charge >= 0.3 is 17.9 Å². The van der Waals surface area contributed by atoms with E-state index in [2.05, 4.69) is 93.0 Å². The highest BCUT2D eigenvalue weighted by molar-refractivity contribution is 5.70. The number of unbranched alkanes of at least 4 members (excludes halogenated alkanes) is 23. The summed E-state index contributed by atoms with van der Waals surface area (Å²) in [6.07, 6.45) is 56.2. The van der Waals surface area contributed by atoms with E-state index in [1.54, 1.807) is 0 Å². The molecule has 0 amide bonds. The molecule has 0 saturated carbocycles. The summed E-state index contributed by atoms with van der Waals surface area (Å²) in [6, 6.07) is 0. The van der Waals surface area contributed by atoms with Gasteiger partial charge in [-0.3, -0.25) is 14.5 Å². The average Bonchev–Trinajstić information content (AvgIpc) is 3.37. The zero-order chi connectivity index (χ0) is 51.8. The monoisotopic (exact) mass is 999 g/mol. The molecule has 0 aromatic rings. The number of ether oxygens (including phenoxy) is 4. The Morgan fingerprint density at radius 3 is 1.17 bits per heavy atom. The van der Waals surface area contributed by atoms with Crippen molar-refractivity contribution >= 4 is 17.9 Å². The van der Waals surface area contributed by atoms with E-state index in [1.165, 1.54) is 96.3 Å². The van der Waals surface area contributed by atoms with Gasteiger partial charge in [0.1, 0.15) is 13.2 Å². The Morgan fingerprint density at radius 1 is 0.366 bits per heavy atom. The van der Waals surface area contributed by atoms with E-state index in [4.69, 9.17) is 18.9 Å². The van der Waals surface area contributed by atoms with Crippen molar-refractivity contribution in [2.75, 3.05) is 65.7 Å². The van der Waals surface area contributed by atoms with Crippen LogP contribution in [0.2, 0.25) is 0 Å². The molecule has 1 unspecified atom stereocenters. The normalized spacial score (nSPS) is 12.5. The van der Waals surface area contributed by atoms with Crippen molar-refractivity contribution in [2.24, 2.45) is 0 Å². The standard InChI is InChI=1S/C62H114N2O7/c1-6-11-13-15-17-19-21-23-25-27-29-31-33-35-37-45-51-61(66)69-56-47-41-39-43-49-59(71-58-62(67)70-57-54-64(10-5)53-52-63(8-3)9-4)48-42-38-40-46-55-68-60(65)50-44-36-34-32-30-28-26-24-22-20-18-16-14-12-7-2/h17-20,23-26,59H,6-16,21-22,27-58H2,1-5H3/b19-17-,20-18-,25-23-,26-24-. The minimum Gasteiger partial charge on any atom is -0.466 e. The van der Waals surface area contributed by atoms with Gasteiger partial charge in [0.15, 0.2) is 0 Å². The molecule has 0 aliphatic heterocycles. The van der Waals surface area contributed by atoms with Crippen LogP contribution in [0.5, 0.6) is 0 Å². The van der Waals surface area contributed by atoms with E-state index in [9.17, 15) is 14.4 Å². The highest BCUT2D eigenvalue weighted by Gasteiger charge is 2.14. The van der Waals surface area contributed by atoms with Crippen LogP contribution in [0.15, 0.2) is 48.6 Å². The first-order valence-corrected chi connectivity index (χ1v) is 30.0. The molecule has 1 atom stereocenters. The van der Waals surface area contributed by atoms with Crippen LogP contribution in [-0.4, -0.2) is 99.5 Å². The number of esters is 3. The quantitative estimate of drug-likeness (QED) is 0.0255. The van der Waals surface area contributed by atoms with Crippen LogP contribution in [0.4, 0.5) is 0 Å². The molecule has 414 valence electrons. The molecule has 0 fully saturated rings. The third-order valence-electron chi connectivity index (χ3n) is 13.5. The molecule has 0 bridgehead atoms. The molecule has 0 aliphatic rings. The lowest BCUT2D eigenvalue weighted by Gasteiger charge is -2.25. The molecule has 71 heavy (non-hydrogen) atoms. The maximum absolute atomic E-state index is 12.7. The van der Waals surface area contributed by atoms with Crippen LogP contribution in [0.3, 0.4) is 0 Å². The molecule has 0 N–H and O–H groups in total. The third kappa shape index (κ3) is 51.9. The van der Waals surface area contributed by atoms with Gasteiger partial charge in [0.2, 0.25) is 0 Å². The lowest BCUT2D eigenvalue weighted by atomic mass is 10.0. The Bertz CT molecular complexity index is 1280. The lowest BCUT2D eigenvalue weighted by Crippen LogP contribution is -2.37. The van der Waals surface area contributed by atoms with Gasteiger partial charge in [-0.25, -0.2) is 4.79 Å². The first kappa shape index (κ1) is 68.2. The summed E-state index contributed by atoms with van der Waals surface area (Å²) in [4.78, 5) is 42.1. The minimum absolute atomic E-state index is 0.00238. The third-order valence-corrected chi connectivity index (χ3v) is 13.5. The van der Waals surface area contributed by atoms with Crippen LogP contribution < -0.4 is 0 Å². The number of carbonyl (C=O) groups is 3. The minimum atomic E-state index is -0.298. The van der Waals surface area contributed by atoms with E-state index in [-0.39, 0.29) is 30.6 Å². The predicted molar refractivity (Wildman–Crippen MR) is 302 cm³/mol. The van der Waals surface area contributed by atoms with Gasteiger partial charge in [-0.05, 0) is 122 Å². The largest absolute Gasteiger partial charge is 0.466 e. The number of nitrogens with zero attached hydrogens (tertiary/aromatic N) is 2. The average molecular weight is 1000 g/mol. The fourth-order valence-corrected chi connectivity index (χ4v) is 8.59. The molecular formula is C62H114N2O7. The molecule has 0 radical (unpaired) electrons. The van der Waals surface area contributed by atoms with Crippen LogP contribution in [0.25, 0.3) is 0 Å². The molecule has 0 spiro atoms. The van der Waals surface area contributed by atoms with Crippen LogP contribution in [0.1, 0.15) is 259 Å². The number of carbonyl (C=O) groups excluding carboxylic acids is 3. The van der Waals surface area contributed by atoms with Crippen molar-refractivity contribution in [3.05, 3.63) is 48.6 Å². The molecular weight excluding hydrogens is 885 g/mol. The van der Waals surface area contributed by atoms with Crippen LogP contribution in [-0.2, 0) is 33.3 Å². The van der Waals surface area contributed by atoms with Gasteiger partial charge < -0.3 is 23.8 Å². The number of rotatable bonds is 55. The summed E-state index contributed by atoms with van der Waals surface area (Å²) >= 11 is 0. The topological polar surface area (TPSA) is 94.6 Å². The molecule has 0 heterocycles. The molecule has 0 aliphatic carbocycles. The lowest BCUT2D eigenvalue weighted by molar-refractivity contribution is -0.152. The Labute approximate surface area is 439 Å². The predicted octanol–water partition coefficient (Wildman–Crippen LogP) is 16.6. The zero-order valence-corrected chi connectivity index (χ0v) is 47.3. The Balaban J connectivity index is 4.33. The summed E-state index contributed by atoms with van der Waals surface area (Å²) in [7, 11) is 0. The van der Waals surface area contributed by atoms with Crippen molar-refractivity contribution in [3.8, 4) is 0 Å². The van der Waals surface area contributed by atoms with E-state index >= 15 is 0 Å². The molecule has 0 aromatic heterocycles. The fourth-order valence-electron chi connectivity index (χ4n) is 8.59. The first-order chi connectivity index (χ1) is 34.9. The van der Waals surface area contributed by atoms with Gasteiger partial charge in [0.05, 0.1) is 19.3 Å². The molecule has 0 saturated heterocycles. The number of hydrogen-bond acceptors (Lipinski definition) is 9. The summed E-state index contributed by atoms with van der Waals surface area (Å²) < 4.78 is 22.9. The van der Waals surface area contributed by atoms with Crippen LogP contribution in [0, 0.1) is 0 Å². The zero-order valence-electron chi connectivity index (χ0n) is 47.3. The Morgan fingerprint density at radius 2 is 0.732 bits per heavy atom. The van der Waals surface area contributed by atoms with Gasteiger partial charge in [-0.2, -0.15) is 0 Å². The highest BCUT2D eigenvalue weighted by Crippen LogP contribution is 2.17. The first-order valence-electron chi connectivity index (χ1n) is 30.0. The smallest absolute Gasteiger partial charge is 0.332 e. The Hall–Kier alpha value is -2.75. The van der Waals surface area contributed by atoms with Gasteiger partial charge in [-0.1, -0.05) is 192 Å². The van der Waals surface area contributed by atoms with E-state index in [0.29, 0.717) is 32.7 Å². The van der Waals surface area contributed by atoms with Crippen molar-refractivity contribution < 1.29 is 33.3 Å². The number of hydrogen-bond donors (Lipinski definition) is 0. The van der Waals surface area contributed by atoms with E-state index in [0.717, 1.165) is 155 Å². The van der Waals surface area contributed by atoms with Crippen molar-refractivity contribution in [1.82, 2.24) is 9.80 Å². The molecule has 9 heteroatoms. The number of likely N-dealkylation sites (N-methyl/N-ethyl adjacent to an activating group) is 2. The van der Waals surface area contributed by atoms with Crippen molar-refractivity contribution in [1.29, 1.82) is 0 Å². The van der Waals surface area contributed by atoms with E-state index in [1.807, 2.05) is 0 Å². The highest BCUT2D eigenvalue weighted by atomic mass is 16.6. The summed E-state index contributed by atoms with van der Waals surface area (Å²) in [6.45, 7) is 18.1. The second-order valence-electron chi connectivity index (χ2n) is 19.8. The summed E-state index contributed by atoms with van der Waals surface area (Å²) in [5.41, 5.74) is 0. The SMILES string of the molecule is CCCCC/C=C\C/C=C\CCCCCCCCC(=O)OCCCCCCC(CCCCCCOC(=O)CCCCCCC/C=C\C/C=C\CCCCC)OCC(=O)OCCN(CC)CCN(CC)CC. The van der Waals surface area contributed by atoms with E-state index < -0.39 is 0 Å². The number of allylic oxidation sites excluding steroid dienone is 8. The van der Waals surface area contributed by atoms with Gasteiger partial charge in [-0.15, -0.1) is 0 Å². The van der Waals surface area contributed by atoms with Gasteiger partial charge in [0.25, 0.3) is 0 Å². The van der Waals surface area contributed by atoms with Crippen molar-refractivity contribution in [2.45, 2.75) is 265 Å². The second kappa shape index (κ2) is 56.5. The maximum atomic E-state index is 12.7. The van der Waals surface area contributed by atoms with Gasteiger partial charge in [0, 0.05) is 32.5 Å². The summed E-state index contributed by atoms with van der Waals surface area (Å²) in [5.74, 6) is -0.435. The molecule has 0 rings (SSSR count). The van der Waals surface area contributed by atoms with Crippen LogP contribution >= 0.6 is 0 Å². The molecule has 9 nitrogen and oxygen atoms in total. The fraction of sp³-hybridized carbons (Fsp3) is 0.823. The maximum Gasteiger partial charge on any atom is 0.332 e. The Kier molecular flexibility index (Phi) is 54.4.